The van der Waals surface area contributed by atoms with E-state index in [1.165, 1.54) is 15.6 Å². The first-order chi connectivity index (χ1) is 9.09. The average Bonchev–Trinajstić information content (AvgIpc) is 2.87. The summed E-state index contributed by atoms with van der Waals surface area (Å²) in [6.07, 6.45) is 4.33. The lowest BCUT2D eigenvalue weighted by Gasteiger charge is -2.38. The second kappa shape index (κ2) is 3.83. The highest BCUT2D eigenvalue weighted by molar-refractivity contribution is 7.19. The summed E-state index contributed by atoms with van der Waals surface area (Å²) < 4.78 is 1.44. The number of aliphatic hydroxyl groups is 1. The van der Waals surface area contributed by atoms with Gasteiger partial charge in [0.25, 0.3) is 0 Å². The van der Waals surface area contributed by atoms with Gasteiger partial charge in [-0.25, -0.2) is 0 Å². The summed E-state index contributed by atoms with van der Waals surface area (Å²) in [6, 6.07) is 6.85. The van der Waals surface area contributed by atoms with Crippen molar-refractivity contribution in [3.63, 3.8) is 0 Å². The van der Waals surface area contributed by atoms with E-state index in [9.17, 15) is 5.11 Å². The smallest absolute Gasteiger partial charge is 0.0600 e. The van der Waals surface area contributed by atoms with Crippen LogP contribution >= 0.6 is 11.3 Å². The van der Waals surface area contributed by atoms with E-state index in [1.807, 2.05) is 11.3 Å². The topological polar surface area (TPSA) is 20.2 Å². The van der Waals surface area contributed by atoms with Crippen molar-refractivity contribution in [2.75, 3.05) is 0 Å². The number of hydrogen-bond acceptors (Lipinski definition) is 2. The number of aryl methyl sites for hydroxylation is 2. The van der Waals surface area contributed by atoms with E-state index in [4.69, 9.17) is 0 Å². The maximum Gasteiger partial charge on any atom is 0.0600 e. The molecule has 2 aliphatic rings. The van der Waals surface area contributed by atoms with Crippen LogP contribution in [0, 0.1) is 12.3 Å². The maximum absolute atomic E-state index is 10.3. The molecule has 1 unspecified atom stereocenters. The molecule has 2 aromatic rings. The van der Waals surface area contributed by atoms with Crippen LogP contribution in [0.4, 0.5) is 0 Å². The third-order valence-corrected chi connectivity index (χ3v) is 6.80. The van der Waals surface area contributed by atoms with Crippen molar-refractivity contribution in [3.8, 4) is 0 Å². The Morgan fingerprint density at radius 3 is 3.00 bits per heavy atom. The highest BCUT2D eigenvalue weighted by Crippen LogP contribution is 2.58. The number of thiophene rings is 1. The lowest BCUT2D eigenvalue weighted by molar-refractivity contribution is 0.0467. The fourth-order valence-electron chi connectivity index (χ4n) is 4.20. The molecule has 19 heavy (non-hydrogen) atoms. The van der Waals surface area contributed by atoms with Gasteiger partial charge in [0, 0.05) is 20.9 Å². The SMILES string of the molecule is Cc1ccc2c3c(sc2c1)[C@@H]1CC[C@@H](O)C1(C)CC3. The van der Waals surface area contributed by atoms with Crippen LogP contribution in [0.3, 0.4) is 0 Å². The van der Waals surface area contributed by atoms with Gasteiger partial charge in [-0.1, -0.05) is 19.1 Å². The predicted octanol–water partition coefficient (Wildman–Crippen LogP) is 4.40. The first-order valence-electron chi connectivity index (χ1n) is 7.29. The quantitative estimate of drug-likeness (QED) is 0.753. The zero-order valence-electron chi connectivity index (χ0n) is 11.6. The summed E-state index contributed by atoms with van der Waals surface area (Å²) in [5.74, 6) is 0.587. The number of benzene rings is 1. The number of rotatable bonds is 0. The molecule has 0 spiro atoms. The minimum absolute atomic E-state index is 0.0994. The Bertz CT molecular complexity index is 657. The molecule has 4 rings (SSSR count). The van der Waals surface area contributed by atoms with Gasteiger partial charge >= 0.3 is 0 Å². The number of aliphatic hydroxyl groups excluding tert-OH is 1. The molecule has 2 aliphatic carbocycles. The van der Waals surface area contributed by atoms with Gasteiger partial charge in [-0.2, -0.15) is 0 Å². The van der Waals surface area contributed by atoms with Crippen LogP contribution in [0.5, 0.6) is 0 Å². The fourth-order valence-corrected chi connectivity index (χ4v) is 5.84. The Labute approximate surface area is 118 Å². The molecule has 0 saturated heterocycles. The van der Waals surface area contributed by atoms with Crippen molar-refractivity contribution < 1.29 is 5.11 Å². The van der Waals surface area contributed by atoms with Gasteiger partial charge < -0.3 is 5.11 Å². The summed E-state index contributed by atoms with van der Waals surface area (Å²) in [4.78, 5) is 1.57. The Balaban J connectivity index is 1.93. The second-order valence-corrected chi connectivity index (χ2v) is 7.68. The Morgan fingerprint density at radius 1 is 1.32 bits per heavy atom. The molecule has 0 amide bonds. The number of fused-ring (bicyclic) bond motifs is 5. The molecule has 1 N–H and O–H groups in total. The molecule has 0 aliphatic heterocycles. The van der Waals surface area contributed by atoms with Gasteiger partial charge in [-0.15, -0.1) is 11.3 Å². The molecule has 1 fully saturated rings. The molecule has 2 heteroatoms. The van der Waals surface area contributed by atoms with Crippen LogP contribution in [-0.2, 0) is 6.42 Å². The molecular formula is C17H20OS. The zero-order valence-corrected chi connectivity index (χ0v) is 12.4. The standard InChI is InChI=1S/C17H20OS/c1-10-3-4-11-12-7-8-17(2)13(5-6-15(17)18)16(12)19-14(11)9-10/h3-4,9,13,15,18H,5-8H2,1-2H3/t13-,15+,17?/m0/s1. The van der Waals surface area contributed by atoms with Gasteiger partial charge in [-0.3, -0.25) is 0 Å². The van der Waals surface area contributed by atoms with E-state index in [1.54, 1.807) is 10.4 Å². The van der Waals surface area contributed by atoms with E-state index >= 15 is 0 Å². The largest absolute Gasteiger partial charge is 0.393 e. The van der Waals surface area contributed by atoms with Gasteiger partial charge in [0.15, 0.2) is 0 Å². The minimum atomic E-state index is -0.0994. The van der Waals surface area contributed by atoms with Crippen LogP contribution in [0.15, 0.2) is 18.2 Å². The monoisotopic (exact) mass is 272 g/mol. The van der Waals surface area contributed by atoms with Gasteiger partial charge in [0.1, 0.15) is 0 Å². The summed E-state index contributed by atoms with van der Waals surface area (Å²) in [7, 11) is 0. The molecule has 0 bridgehead atoms. The van der Waals surface area contributed by atoms with Crippen LogP contribution in [0.25, 0.3) is 10.1 Å². The van der Waals surface area contributed by atoms with E-state index < -0.39 is 0 Å². The minimum Gasteiger partial charge on any atom is -0.393 e. The van der Waals surface area contributed by atoms with Crippen LogP contribution in [0.1, 0.15) is 48.1 Å². The first-order valence-corrected chi connectivity index (χ1v) is 8.11. The van der Waals surface area contributed by atoms with E-state index in [2.05, 4.69) is 32.0 Å². The Hall–Kier alpha value is -0.860. The van der Waals surface area contributed by atoms with Crippen molar-refractivity contribution in [2.45, 2.75) is 51.6 Å². The fraction of sp³-hybridized carbons (Fsp3) is 0.529. The highest BCUT2D eigenvalue weighted by Gasteiger charge is 2.49. The van der Waals surface area contributed by atoms with Crippen molar-refractivity contribution in [2.24, 2.45) is 5.41 Å². The van der Waals surface area contributed by atoms with Crippen LogP contribution < -0.4 is 0 Å². The average molecular weight is 272 g/mol. The Morgan fingerprint density at radius 2 is 2.16 bits per heavy atom. The molecule has 0 radical (unpaired) electrons. The van der Waals surface area contributed by atoms with Crippen molar-refractivity contribution >= 4 is 21.4 Å². The van der Waals surface area contributed by atoms with E-state index in [-0.39, 0.29) is 11.5 Å². The third kappa shape index (κ3) is 1.50. The summed E-state index contributed by atoms with van der Waals surface area (Å²) >= 11 is 1.98. The molecule has 1 heterocycles. The van der Waals surface area contributed by atoms with Crippen molar-refractivity contribution in [3.05, 3.63) is 34.2 Å². The molecule has 100 valence electrons. The maximum atomic E-state index is 10.3. The molecule has 1 nitrogen and oxygen atoms in total. The molecule has 1 aromatic carbocycles. The first kappa shape index (κ1) is 11.9. The van der Waals surface area contributed by atoms with Crippen molar-refractivity contribution in [1.82, 2.24) is 0 Å². The van der Waals surface area contributed by atoms with Crippen molar-refractivity contribution in [1.29, 1.82) is 0 Å². The van der Waals surface area contributed by atoms with E-state index in [0.717, 1.165) is 25.7 Å². The number of hydrogen-bond donors (Lipinski definition) is 1. The molecule has 3 atom stereocenters. The third-order valence-electron chi connectivity index (χ3n) is 5.50. The highest BCUT2D eigenvalue weighted by atomic mass is 32.1. The summed E-state index contributed by atoms with van der Waals surface area (Å²) in [5.41, 5.74) is 3.06. The lowest BCUT2D eigenvalue weighted by atomic mass is 9.69. The Kier molecular flexibility index (Phi) is 2.40. The molecular weight excluding hydrogens is 252 g/mol. The summed E-state index contributed by atoms with van der Waals surface area (Å²) in [5, 5.41) is 11.8. The lowest BCUT2D eigenvalue weighted by Crippen LogP contribution is -2.34. The summed E-state index contributed by atoms with van der Waals surface area (Å²) in [6.45, 7) is 4.47. The zero-order chi connectivity index (χ0) is 13.2. The molecule has 1 saturated carbocycles. The van der Waals surface area contributed by atoms with Gasteiger partial charge in [0.2, 0.25) is 0 Å². The van der Waals surface area contributed by atoms with Crippen LogP contribution in [0.2, 0.25) is 0 Å². The van der Waals surface area contributed by atoms with Crippen LogP contribution in [-0.4, -0.2) is 11.2 Å². The second-order valence-electron chi connectivity index (χ2n) is 6.60. The van der Waals surface area contributed by atoms with E-state index in [0.29, 0.717) is 5.92 Å². The normalized spacial score (nSPS) is 33.4. The van der Waals surface area contributed by atoms with Gasteiger partial charge in [0.05, 0.1) is 6.10 Å². The molecule has 1 aromatic heterocycles. The predicted molar refractivity (Wildman–Crippen MR) is 81.0 cm³/mol. The van der Waals surface area contributed by atoms with Gasteiger partial charge in [-0.05, 0) is 55.2 Å².